The first-order valence-corrected chi connectivity index (χ1v) is 9.38. The zero-order valence-corrected chi connectivity index (χ0v) is 15.8. The Bertz CT molecular complexity index is 1110. The molecule has 2 heterocycles. The molecule has 2 atom stereocenters. The molecule has 5 rings (SSSR count). The van der Waals surface area contributed by atoms with Gasteiger partial charge in [0.15, 0.2) is 0 Å². The third-order valence-corrected chi connectivity index (χ3v) is 5.56. The Morgan fingerprint density at radius 2 is 1.68 bits per heavy atom. The Balaban J connectivity index is 1.72. The molecule has 28 heavy (non-hydrogen) atoms. The summed E-state index contributed by atoms with van der Waals surface area (Å²) in [6, 6.07) is 22.8. The second kappa shape index (κ2) is 6.21. The average Bonchev–Trinajstić information content (AvgIpc) is 3.23. The lowest BCUT2D eigenvalue weighted by Gasteiger charge is -2.26. The smallest absolute Gasteiger partial charge is 0.364 e. The number of aryl methyl sites for hydroxylation is 1. The highest BCUT2D eigenvalue weighted by Crippen LogP contribution is 2.53. The maximum absolute atomic E-state index is 13.1. The van der Waals surface area contributed by atoms with E-state index in [4.69, 9.17) is 21.2 Å². The molecule has 0 bridgehead atoms. The zero-order valence-electron chi connectivity index (χ0n) is 15.1. The van der Waals surface area contributed by atoms with Gasteiger partial charge in [0.2, 0.25) is 0 Å². The topological polar surface area (TPSA) is 47.9 Å². The van der Waals surface area contributed by atoms with Crippen molar-refractivity contribution in [2.75, 3.05) is 0 Å². The maximum atomic E-state index is 13.1. The highest BCUT2D eigenvalue weighted by Gasteiger charge is 2.63. The Kier molecular flexibility index (Phi) is 3.78. The minimum Gasteiger partial charge on any atom is -0.423 e. The molecule has 0 unspecified atom stereocenters. The number of carbonyl (C=O) groups is 1. The molecule has 0 N–H and O–H groups in total. The van der Waals surface area contributed by atoms with E-state index in [2.05, 4.69) is 5.16 Å². The molecule has 0 fully saturated rings. The molecular weight excluding hydrogens is 374 g/mol. The van der Waals surface area contributed by atoms with E-state index in [0.29, 0.717) is 22.0 Å². The van der Waals surface area contributed by atoms with Crippen molar-refractivity contribution in [3.05, 3.63) is 100 Å². The molecule has 138 valence electrons. The van der Waals surface area contributed by atoms with Crippen molar-refractivity contribution in [3.63, 3.8) is 0 Å². The largest absolute Gasteiger partial charge is 0.423 e. The third kappa shape index (κ3) is 2.38. The minimum absolute atomic E-state index is 0.439. The van der Waals surface area contributed by atoms with Crippen LogP contribution in [0.5, 0.6) is 5.75 Å². The van der Waals surface area contributed by atoms with E-state index in [1.165, 1.54) is 0 Å². The van der Waals surface area contributed by atoms with Crippen molar-refractivity contribution >= 4 is 23.3 Å². The van der Waals surface area contributed by atoms with Crippen LogP contribution in [0.2, 0.25) is 5.02 Å². The van der Waals surface area contributed by atoms with Crippen LogP contribution < -0.4 is 4.74 Å². The lowest BCUT2D eigenvalue weighted by atomic mass is 9.74. The van der Waals surface area contributed by atoms with Crippen molar-refractivity contribution in [3.8, 4) is 5.75 Å². The highest BCUT2D eigenvalue weighted by molar-refractivity contribution is 6.30. The van der Waals surface area contributed by atoms with Crippen molar-refractivity contribution in [1.82, 2.24) is 0 Å². The monoisotopic (exact) mass is 389 g/mol. The van der Waals surface area contributed by atoms with Crippen molar-refractivity contribution < 1.29 is 14.4 Å². The molecule has 0 amide bonds. The van der Waals surface area contributed by atoms with Crippen LogP contribution in [0.3, 0.4) is 0 Å². The number of carbonyl (C=O) groups excluding carboxylic acids is 1. The van der Waals surface area contributed by atoms with E-state index < -0.39 is 17.5 Å². The van der Waals surface area contributed by atoms with Gasteiger partial charge >= 0.3 is 5.97 Å². The number of nitrogens with zero attached hydrogens (tertiary/aromatic N) is 1. The third-order valence-electron chi connectivity index (χ3n) is 5.31. The Morgan fingerprint density at radius 1 is 0.964 bits per heavy atom. The summed E-state index contributed by atoms with van der Waals surface area (Å²) in [4.78, 5) is 19.0. The van der Waals surface area contributed by atoms with Crippen molar-refractivity contribution in [1.29, 1.82) is 0 Å². The summed E-state index contributed by atoms with van der Waals surface area (Å²) in [5, 5.41) is 5.01. The fourth-order valence-electron chi connectivity index (χ4n) is 3.92. The minimum atomic E-state index is -1.33. The Labute approximate surface area is 167 Å². The van der Waals surface area contributed by atoms with Crippen LogP contribution in [0.4, 0.5) is 0 Å². The Hall–Kier alpha value is -3.11. The number of hydrogen-bond acceptors (Lipinski definition) is 4. The fourth-order valence-corrected chi connectivity index (χ4v) is 4.04. The van der Waals surface area contributed by atoms with Gasteiger partial charge in [0.05, 0.1) is 17.2 Å². The second-order valence-corrected chi connectivity index (χ2v) is 7.48. The maximum Gasteiger partial charge on any atom is 0.364 e. The van der Waals surface area contributed by atoms with Gasteiger partial charge in [0.1, 0.15) is 5.75 Å². The van der Waals surface area contributed by atoms with Crippen molar-refractivity contribution in [2.45, 2.75) is 18.4 Å². The van der Waals surface area contributed by atoms with Gasteiger partial charge in [-0.2, -0.15) is 0 Å². The summed E-state index contributed by atoms with van der Waals surface area (Å²) in [7, 11) is 0. The molecule has 1 spiro atoms. The first-order chi connectivity index (χ1) is 13.6. The number of rotatable bonds is 2. The molecule has 3 aromatic carbocycles. The number of oxime groups is 1. The highest BCUT2D eigenvalue weighted by atomic mass is 35.5. The lowest BCUT2D eigenvalue weighted by molar-refractivity contribution is -0.157. The van der Waals surface area contributed by atoms with Gasteiger partial charge in [-0.05, 0) is 30.7 Å². The second-order valence-electron chi connectivity index (χ2n) is 7.04. The summed E-state index contributed by atoms with van der Waals surface area (Å²) in [6.45, 7) is 2.03. The van der Waals surface area contributed by atoms with Gasteiger partial charge in [-0.1, -0.05) is 76.9 Å². The van der Waals surface area contributed by atoms with Crippen LogP contribution in [0.25, 0.3) is 0 Å². The predicted octanol–water partition coefficient (Wildman–Crippen LogP) is 4.98. The molecule has 2 aliphatic rings. The van der Waals surface area contributed by atoms with Crippen LogP contribution >= 0.6 is 11.6 Å². The van der Waals surface area contributed by atoms with E-state index in [0.717, 1.165) is 16.7 Å². The van der Waals surface area contributed by atoms with Crippen molar-refractivity contribution in [2.24, 2.45) is 5.16 Å². The summed E-state index contributed by atoms with van der Waals surface area (Å²) in [6.07, 6.45) is 0. The fraction of sp³-hybridized carbons (Fsp3) is 0.130. The summed E-state index contributed by atoms with van der Waals surface area (Å²) in [5.74, 6) is -0.380. The number of esters is 1. The van der Waals surface area contributed by atoms with E-state index in [9.17, 15) is 4.79 Å². The SMILES string of the molecule is Cc1ccc([C@H]2C(c3ccc(Cl)cc3)=NO[C@]23C(=O)Oc2ccccc23)cc1. The quantitative estimate of drug-likeness (QED) is 0.458. The standard InChI is InChI=1S/C23H16ClNO3/c1-14-6-8-15(9-7-14)20-21(16-10-12-17(24)13-11-16)25-28-23(20)18-4-2-3-5-19(18)27-22(23)26/h2-13,20H,1H3/t20-,23-/m0/s1. The van der Waals surface area contributed by atoms with Gasteiger partial charge in [0.25, 0.3) is 5.60 Å². The summed E-state index contributed by atoms with van der Waals surface area (Å²) < 4.78 is 5.57. The number of halogens is 1. The van der Waals surface area contributed by atoms with Gasteiger partial charge < -0.3 is 9.57 Å². The first kappa shape index (κ1) is 17.0. The molecule has 5 heteroatoms. The molecule has 0 radical (unpaired) electrons. The van der Waals surface area contributed by atoms with Gasteiger partial charge in [-0.3, -0.25) is 0 Å². The summed E-state index contributed by atoms with van der Waals surface area (Å²) in [5.41, 5.74) is 2.96. The van der Waals surface area contributed by atoms with Crippen LogP contribution in [0.1, 0.15) is 28.2 Å². The van der Waals surface area contributed by atoms with Crippen LogP contribution in [0.15, 0.2) is 78.0 Å². The molecule has 3 aromatic rings. The number of hydrogen-bond donors (Lipinski definition) is 0. The van der Waals surface area contributed by atoms with Gasteiger partial charge in [-0.25, -0.2) is 4.79 Å². The van der Waals surface area contributed by atoms with Gasteiger partial charge in [-0.15, -0.1) is 0 Å². The molecule has 4 nitrogen and oxygen atoms in total. The molecule has 0 saturated carbocycles. The predicted molar refractivity (Wildman–Crippen MR) is 107 cm³/mol. The van der Waals surface area contributed by atoms with E-state index in [-0.39, 0.29) is 0 Å². The summed E-state index contributed by atoms with van der Waals surface area (Å²) >= 11 is 6.05. The van der Waals surface area contributed by atoms with Gasteiger partial charge in [0, 0.05) is 10.6 Å². The zero-order chi connectivity index (χ0) is 19.3. The van der Waals surface area contributed by atoms with Crippen LogP contribution in [-0.2, 0) is 15.2 Å². The normalized spacial score (nSPS) is 22.6. The number of ether oxygens (including phenoxy) is 1. The average molecular weight is 390 g/mol. The number of benzene rings is 3. The number of fused-ring (bicyclic) bond motifs is 2. The first-order valence-electron chi connectivity index (χ1n) is 9.00. The van der Waals surface area contributed by atoms with E-state index in [1.54, 1.807) is 18.2 Å². The molecule has 0 saturated heterocycles. The molecule has 0 aliphatic carbocycles. The molecular formula is C23H16ClNO3. The van der Waals surface area contributed by atoms with E-state index in [1.807, 2.05) is 61.5 Å². The Morgan fingerprint density at radius 3 is 2.43 bits per heavy atom. The number of para-hydroxylation sites is 1. The van der Waals surface area contributed by atoms with E-state index >= 15 is 0 Å². The van der Waals surface area contributed by atoms with Crippen LogP contribution in [0, 0.1) is 6.92 Å². The van der Waals surface area contributed by atoms with Crippen LogP contribution in [-0.4, -0.2) is 11.7 Å². The molecule has 2 aliphatic heterocycles. The lowest BCUT2D eigenvalue weighted by Crippen LogP contribution is -2.41. The molecule has 0 aromatic heterocycles.